The summed E-state index contributed by atoms with van der Waals surface area (Å²) in [6.45, 7) is 2.09. The van der Waals surface area contributed by atoms with E-state index < -0.39 is 0 Å². The first-order valence-corrected chi connectivity index (χ1v) is 6.98. The minimum absolute atomic E-state index is 0.559. The number of nitrogens with one attached hydrogen (secondary N) is 2. The summed E-state index contributed by atoms with van der Waals surface area (Å²) in [7, 11) is 1.58. The topological polar surface area (TPSA) is 85.1 Å². The van der Waals surface area contributed by atoms with Crippen LogP contribution in [0.1, 0.15) is 18.9 Å². The van der Waals surface area contributed by atoms with E-state index in [0.717, 1.165) is 24.1 Å². The molecule has 0 amide bonds. The van der Waals surface area contributed by atoms with E-state index in [-0.39, 0.29) is 0 Å². The molecule has 6 nitrogen and oxygen atoms in total. The molecule has 112 valence electrons. The molecule has 1 aromatic heterocycles. The molecule has 0 aliphatic carbocycles. The normalized spacial score (nSPS) is 10.3. The summed E-state index contributed by atoms with van der Waals surface area (Å²) in [6, 6.07) is 5.44. The molecule has 21 heavy (non-hydrogen) atoms. The van der Waals surface area contributed by atoms with Crippen LogP contribution in [-0.4, -0.2) is 17.1 Å². The van der Waals surface area contributed by atoms with Crippen LogP contribution < -0.4 is 21.3 Å². The minimum atomic E-state index is 0.559. The summed E-state index contributed by atoms with van der Waals surface area (Å²) in [6.07, 6.45) is 3.23. The van der Waals surface area contributed by atoms with Gasteiger partial charge < -0.3 is 15.5 Å². The summed E-state index contributed by atoms with van der Waals surface area (Å²) in [5.41, 5.74) is 4.37. The monoisotopic (exact) mass is 307 g/mol. The van der Waals surface area contributed by atoms with Crippen LogP contribution in [-0.2, 0) is 6.42 Å². The molecular weight excluding hydrogens is 290 g/mol. The van der Waals surface area contributed by atoms with Gasteiger partial charge in [0.15, 0.2) is 0 Å². The Morgan fingerprint density at radius 3 is 2.71 bits per heavy atom. The first-order valence-electron chi connectivity index (χ1n) is 6.60. The van der Waals surface area contributed by atoms with Crippen molar-refractivity contribution in [3.05, 3.63) is 35.1 Å². The zero-order valence-electron chi connectivity index (χ0n) is 12.0. The lowest BCUT2D eigenvalue weighted by molar-refractivity contribution is 0.415. The zero-order chi connectivity index (χ0) is 15.2. The molecular formula is C14H18ClN5O. The molecule has 2 aromatic rings. The molecule has 0 saturated heterocycles. The largest absolute Gasteiger partial charge is 0.495 e. The lowest BCUT2D eigenvalue weighted by Crippen LogP contribution is -2.13. The molecule has 7 heteroatoms. The molecule has 0 radical (unpaired) electrons. The average Bonchev–Trinajstić information content (AvgIpc) is 2.51. The third kappa shape index (κ3) is 3.53. The van der Waals surface area contributed by atoms with Crippen LogP contribution in [0, 0.1) is 0 Å². The Labute approximate surface area is 128 Å². The third-order valence-electron chi connectivity index (χ3n) is 3.00. The highest BCUT2D eigenvalue weighted by molar-refractivity contribution is 6.32. The van der Waals surface area contributed by atoms with Gasteiger partial charge in [-0.3, -0.25) is 0 Å². The van der Waals surface area contributed by atoms with Gasteiger partial charge in [-0.25, -0.2) is 15.8 Å². The fourth-order valence-corrected chi connectivity index (χ4v) is 2.20. The van der Waals surface area contributed by atoms with Crippen molar-refractivity contribution >= 4 is 28.9 Å². The number of nitrogens with zero attached hydrogens (tertiary/aromatic N) is 2. The van der Waals surface area contributed by atoms with Crippen LogP contribution in [0.5, 0.6) is 5.75 Å². The number of nitrogen functional groups attached to an aromatic ring is 1. The van der Waals surface area contributed by atoms with Crippen LogP contribution >= 0.6 is 11.6 Å². The van der Waals surface area contributed by atoms with Crippen molar-refractivity contribution in [2.45, 2.75) is 19.8 Å². The molecule has 0 aliphatic rings. The Bertz CT molecular complexity index is 620. The van der Waals surface area contributed by atoms with Crippen LogP contribution in [0.15, 0.2) is 24.5 Å². The lowest BCUT2D eigenvalue weighted by atomic mass is 10.1. The highest BCUT2D eigenvalue weighted by Gasteiger charge is 2.11. The van der Waals surface area contributed by atoms with Gasteiger partial charge in [0.25, 0.3) is 0 Å². The van der Waals surface area contributed by atoms with Gasteiger partial charge in [0.1, 0.15) is 23.7 Å². The van der Waals surface area contributed by atoms with E-state index in [1.54, 1.807) is 13.2 Å². The van der Waals surface area contributed by atoms with Gasteiger partial charge in [0, 0.05) is 17.3 Å². The predicted molar refractivity (Wildman–Crippen MR) is 85.1 cm³/mol. The van der Waals surface area contributed by atoms with Crippen LogP contribution in [0.25, 0.3) is 0 Å². The number of hydrogen-bond donors (Lipinski definition) is 3. The number of rotatable bonds is 6. The Kier molecular flexibility index (Phi) is 5.19. The maximum atomic E-state index is 6.02. The van der Waals surface area contributed by atoms with E-state index in [1.165, 1.54) is 6.33 Å². The maximum Gasteiger partial charge on any atom is 0.148 e. The number of hydrazine groups is 1. The van der Waals surface area contributed by atoms with E-state index in [1.807, 2.05) is 12.1 Å². The second kappa shape index (κ2) is 7.10. The van der Waals surface area contributed by atoms with E-state index in [9.17, 15) is 0 Å². The molecule has 0 fully saturated rings. The van der Waals surface area contributed by atoms with Crippen molar-refractivity contribution in [3.63, 3.8) is 0 Å². The molecule has 0 unspecified atom stereocenters. The second-order valence-corrected chi connectivity index (χ2v) is 4.83. The van der Waals surface area contributed by atoms with Crippen LogP contribution in [0.2, 0.25) is 5.02 Å². The molecule has 2 rings (SSSR count). The highest BCUT2D eigenvalue weighted by atomic mass is 35.5. The van der Waals surface area contributed by atoms with Crippen molar-refractivity contribution in [1.82, 2.24) is 9.97 Å². The van der Waals surface area contributed by atoms with Crippen LogP contribution in [0.4, 0.5) is 17.3 Å². The smallest absolute Gasteiger partial charge is 0.148 e. The Morgan fingerprint density at radius 2 is 2.05 bits per heavy atom. The lowest BCUT2D eigenvalue weighted by Gasteiger charge is -2.14. The minimum Gasteiger partial charge on any atom is -0.495 e. The number of nitrogens with two attached hydrogens (primary N) is 1. The Hall–Kier alpha value is -2.05. The van der Waals surface area contributed by atoms with Gasteiger partial charge in [-0.2, -0.15) is 0 Å². The fraction of sp³-hybridized carbons (Fsp3) is 0.286. The number of halogens is 1. The van der Waals surface area contributed by atoms with Crippen molar-refractivity contribution in [2.24, 2.45) is 5.84 Å². The quantitative estimate of drug-likeness (QED) is 0.561. The van der Waals surface area contributed by atoms with Gasteiger partial charge in [-0.05, 0) is 18.6 Å². The predicted octanol–water partition coefficient (Wildman–Crippen LogP) is 3.12. The van der Waals surface area contributed by atoms with E-state index >= 15 is 0 Å². The number of anilines is 3. The van der Waals surface area contributed by atoms with E-state index in [0.29, 0.717) is 22.4 Å². The molecule has 0 saturated carbocycles. The van der Waals surface area contributed by atoms with Gasteiger partial charge in [-0.15, -0.1) is 0 Å². The first kappa shape index (κ1) is 15.3. The molecule has 0 aliphatic heterocycles. The van der Waals surface area contributed by atoms with Gasteiger partial charge >= 0.3 is 0 Å². The van der Waals surface area contributed by atoms with E-state index in [4.69, 9.17) is 22.2 Å². The highest BCUT2D eigenvalue weighted by Crippen LogP contribution is 2.30. The number of methoxy groups -OCH3 is 1. The number of ether oxygens (including phenoxy) is 1. The average molecular weight is 308 g/mol. The second-order valence-electron chi connectivity index (χ2n) is 4.42. The number of aromatic nitrogens is 2. The Balaban J connectivity index is 2.34. The summed E-state index contributed by atoms with van der Waals surface area (Å²) < 4.78 is 5.21. The molecule has 0 spiro atoms. The zero-order valence-corrected chi connectivity index (χ0v) is 12.7. The molecule has 1 heterocycles. The molecule has 1 aromatic carbocycles. The van der Waals surface area contributed by atoms with Gasteiger partial charge in [0.2, 0.25) is 0 Å². The summed E-state index contributed by atoms with van der Waals surface area (Å²) in [4.78, 5) is 8.42. The summed E-state index contributed by atoms with van der Waals surface area (Å²) in [5, 5.41) is 3.81. The van der Waals surface area contributed by atoms with Crippen LogP contribution in [0.3, 0.4) is 0 Å². The summed E-state index contributed by atoms with van der Waals surface area (Å²) in [5.74, 6) is 7.44. The number of hydrogen-bond acceptors (Lipinski definition) is 6. The molecule has 0 bridgehead atoms. The SMILES string of the molecule is CCCc1c(NN)ncnc1Nc1ccc(Cl)c(OC)c1. The standard InChI is InChI=1S/C14H18ClN5O/c1-3-4-10-13(17-8-18-14(10)20-16)19-9-5-6-11(15)12(7-9)21-2/h5-8H,3-4,16H2,1-2H3,(H2,17,18,19,20). The Morgan fingerprint density at radius 1 is 1.29 bits per heavy atom. The molecule has 0 atom stereocenters. The summed E-state index contributed by atoms with van der Waals surface area (Å²) >= 11 is 6.02. The maximum absolute atomic E-state index is 6.02. The van der Waals surface area contributed by atoms with Gasteiger partial charge in [0.05, 0.1) is 12.1 Å². The van der Waals surface area contributed by atoms with Gasteiger partial charge in [-0.1, -0.05) is 24.9 Å². The third-order valence-corrected chi connectivity index (χ3v) is 3.31. The van der Waals surface area contributed by atoms with Crippen molar-refractivity contribution < 1.29 is 4.74 Å². The van der Waals surface area contributed by atoms with E-state index in [2.05, 4.69) is 27.6 Å². The first-order chi connectivity index (χ1) is 10.2. The van der Waals surface area contributed by atoms with Crippen molar-refractivity contribution in [1.29, 1.82) is 0 Å². The molecule has 4 N–H and O–H groups in total. The van der Waals surface area contributed by atoms with Crippen molar-refractivity contribution in [2.75, 3.05) is 17.9 Å². The fourth-order valence-electron chi connectivity index (χ4n) is 2.01. The number of benzene rings is 1. The van der Waals surface area contributed by atoms with Crippen molar-refractivity contribution in [3.8, 4) is 5.75 Å².